The van der Waals surface area contributed by atoms with Crippen LogP contribution in [-0.4, -0.2) is 62.6 Å². The molecule has 1 amide bonds. The molecule has 1 unspecified atom stereocenters. The molecule has 0 aliphatic carbocycles. The summed E-state index contributed by atoms with van der Waals surface area (Å²) in [5.74, 6) is 0.478. The lowest BCUT2D eigenvalue weighted by molar-refractivity contribution is -0.149. The molecule has 0 spiro atoms. The quantitative estimate of drug-likeness (QED) is 0.268. The second-order valence-electron chi connectivity index (χ2n) is 6.68. The van der Waals surface area contributed by atoms with Gasteiger partial charge in [0, 0.05) is 33.2 Å². The number of piperidine rings is 1. The van der Waals surface area contributed by atoms with Crippen LogP contribution in [-0.2, 0) is 14.3 Å². The van der Waals surface area contributed by atoms with E-state index in [0.29, 0.717) is 26.2 Å². The van der Waals surface area contributed by atoms with E-state index in [2.05, 4.69) is 20.5 Å². The van der Waals surface area contributed by atoms with Crippen molar-refractivity contribution in [2.24, 2.45) is 16.3 Å². The summed E-state index contributed by atoms with van der Waals surface area (Å²) in [5.41, 5.74) is -0.539. The number of nitrogens with one attached hydrogen (secondary N) is 2. The number of halogens is 1. The minimum absolute atomic E-state index is 0. The Balaban J connectivity index is 0.00000576. The van der Waals surface area contributed by atoms with Crippen LogP contribution in [0.1, 0.15) is 40.5 Å². The molecule has 0 saturated carbocycles. The number of ether oxygens (including phenoxy) is 1. The summed E-state index contributed by atoms with van der Waals surface area (Å²) >= 11 is 0. The van der Waals surface area contributed by atoms with Crippen molar-refractivity contribution in [3.8, 4) is 0 Å². The van der Waals surface area contributed by atoms with Crippen molar-refractivity contribution in [1.82, 2.24) is 15.5 Å². The Morgan fingerprint density at radius 1 is 1.28 bits per heavy atom. The van der Waals surface area contributed by atoms with Gasteiger partial charge in [0.1, 0.15) is 0 Å². The second kappa shape index (κ2) is 11.5. The maximum absolute atomic E-state index is 12.1. The fourth-order valence-corrected chi connectivity index (χ4v) is 2.73. The van der Waals surface area contributed by atoms with Crippen LogP contribution in [0.15, 0.2) is 4.99 Å². The molecule has 1 rings (SSSR count). The molecule has 0 aromatic heterocycles. The summed E-state index contributed by atoms with van der Waals surface area (Å²) in [7, 11) is 1.72. The number of nitrogens with zero attached hydrogens (tertiary/aromatic N) is 2. The maximum atomic E-state index is 12.1. The van der Waals surface area contributed by atoms with Crippen LogP contribution in [0.25, 0.3) is 0 Å². The number of carbonyl (C=O) groups excluding carboxylic acids is 2. The van der Waals surface area contributed by atoms with E-state index in [1.165, 1.54) is 0 Å². The standard InChI is InChI=1S/C17H32N4O3.HI/c1-6-19-15(23)17(3,4)12-20-16(18-5)21-10-8-9-13(11-21)14(22)24-7-2;/h13H,6-12H2,1-5H3,(H,18,20)(H,19,23);1H. The van der Waals surface area contributed by atoms with E-state index in [0.717, 1.165) is 25.3 Å². The van der Waals surface area contributed by atoms with E-state index in [1.807, 2.05) is 27.7 Å². The van der Waals surface area contributed by atoms with Gasteiger partial charge in [-0.2, -0.15) is 0 Å². The van der Waals surface area contributed by atoms with E-state index >= 15 is 0 Å². The van der Waals surface area contributed by atoms with Gasteiger partial charge < -0.3 is 20.3 Å². The normalized spacial score (nSPS) is 18.2. The molecular weight excluding hydrogens is 435 g/mol. The van der Waals surface area contributed by atoms with Gasteiger partial charge in [0.15, 0.2) is 5.96 Å². The number of rotatable bonds is 6. The second-order valence-corrected chi connectivity index (χ2v) is 6.68. The van der Waals surface area contributed by atoms with Gasteiger partial charge in [-0.05, 0) is 40.5 Å². The predicted molar refractivity (Wildman–Crippen MR) is 110 cm³/mol. The number of guanidine groups is 1. The van der Waals surface area contributed by atoms with Crippen LogP contribution in [0.4, 0.5) is 0 Å². The summed E-state index contributed by atoms with van der Waals surface area (Å²) in [6.45, 7) is 10.5. The molecule has 1 aliphatic rings. The molecule has 0 aromatic rings. The van der Waals surface area contributed by atoms with E-state index in [1.54, 1.807) is 7.05 Å². The zero-order valence-electron chi connectivity index (χ0n) is 16.1. The molecule has 0 radical (unpaired) electrons. The molecule has 0 aromatic carbocycles. The Bertz CT molecular complexity index is 469. The van der Waals surface area contributed by atoms with Crippen molar-refractivity contribution in [3.63, 3.8) is 0 Å². The summed E-state index contributed by atoms with van der Waals surface area (Å²) in [4.78, 5) is 30.4. The third kappa shape index (κ3) is 7.37. The first-order chi connectivity index (χ1) is 11.4. The highest BCUT2D eigenvalue weighted by molar-refractivity contribution is 14.0. The lowest BCUT2D eigenvalue weighted by Crippen LogP contribution is -2.52. The van der Waals surface area contributed by atoms with Gasteiger partial charge in [0.2, 0.25) is 5.91 Å². The smallest absolute Gasteiger partial charge is 0.310 e. The monoisotopic (exact) mass is 468 g/mol. The van der Waals surface area contributed by atoms with E-state index in [9.17, 15) is 9.59 Å². The van der Waals surface area contributed by atoms with Gasteiger partial charge in [0.25, 0.3) is 0 Å². The molecule has 1 heterocycles. The van der Waals surface area contributed by atoms with Gasteiger partial charge in [-0.3, -0.25) is 14.6 Å². The first-order valence-electron chi connectivity index (χ1n) is 8.76. The molecule has 2 N–H and O–H groups in total. The van der Waals surface area contributed by atoms with Crippen molar-refractivity contribution >= 4 is 41.8 Å². The Morgan fingerprint density at radius 3 is 2.52 bits per heavy atom. The number of likely N-dealkylation sites (tertiary alicyclic amines) is 1. The first kappa shape index (κ1) is 23.9. The molecule has 7 nitrogen and oxygen atoms in total. The number of esters is 1. The first-order valence-corrected chi connectivity index (χ1v) is 8.76. The fraction of sp³-hybridized carbons (Fsp3) is 0.824. The molecule has 1 atom stereocenters. The van der Waals surface area contributed by atoms with Gasteiger partial charge >= 0.3 is 5.97 Å². The van der Waals surface area contributed by atoms with E-state index < -0.39 is 5.41 Å². The van der Waals surface area contributed by atoms with E-state index in [4.69, 9.17) is 4.74 Å². The van der Waals surface area contributed by atoms with Crippen LogP contribution in [0.2, 0.25) is 0 Å². The molecule has 1 saturated heterocycles. The number of carbonyl (C=O) groups is 2. The topological polar surface area (TPSA) is 83.0 Å². The lowest BCUT2D eigenvalue weighted by atomic mass is 9.92. The zero-order valence-corrected chi connectivity index (χ0v) is 18.4. The number of hydrogen-bond acceptors (Lipinski definition) is 4. The maximum Gasteiger partial charge on any atom is 0.310 e. The van der Waals surface area contributed by atoms with Crippen LogP contribution in [0.5, 0.6) is 0 Å². The van der Waals surface area contributed by atoms with Gasteiger partial charge in [-0.1, -0.05) is 0 Å². The van der Waals surface area contributed by atoms with Crippen molar-refractivity contribution in [1.29, 1.82) is 0 Å². The van der Waals surface area contributed by atoms with Gasteiger partial charge in [-0.25, -0.2) is 0 Å². The fourth-order valence-electron chi connectivity index (χ4n) is 2.73. The van der Waals surface area contributed by atoms with Crippen LogP contribution >= 0.6 is 24.0 Å². The summed E-state index contributed by atoms with van der Waals surface area (Å²) in [6, 6.07) is 0. The summed E-state index contributed by atoms with van der Waals surface area (Å²) in [5, 5.41) is 6.12. The molecular formula is C17H33IN4O3. The minimum atomic E-state index is -0.539. The van der Waals surface area contributed by atoms with Crippen LogP contribution < -0.4 is 10.6 Å². The molecule has 25 heavy (non-hydrogen) atoms. The Labute approximate surface area is 168 Å². The Morgan fingerprint density at radius 2 is 1.96 bits per heavy atom. The average molecular weight is 468 g/mol. The highest BCUT2D eigenvalue weighted by Gasteiger charge is 2.31. The summed E-state index contributed by atoms with van der Waals surface area (Å²) in [6.07, 6.45) is 1.76. The third-order valence-corrected chi connectivity index (χ3v) is 4.19. The number of amides is 1. The average Bonchev–Trinajstić information content (AvgIpc) is 2.56. The van der Waals surface area contributed by atoms with Gasteiger partial charge in [0.05, 0.1) is 17.9 Å². The SMILES string of the molecule is CCNC(=O)C(C)(C)CNC(=NC)N1CCCC(C(=O)OCC)C1.I. The van der Waals surface area contributed by atoms with Crippen molar-refractivity contribution in [2.45, 2.75) is 40.5 Å². The van der Waals surface area contributed by atoms with Crippen molar-refractivity contribution < 1.29 is 14.3 Å². The van der Waals surface area contributed by atoms with Crippen molar-refractivity contribution in [2.75, 3.05) is 39.8 Å². The summed E-state index contributed by atoms with van der Waals surface area (Å²) < 4.78 is 5.14. The lowest BCUT2D eigenvalue weighted by Gasteiger charge is -2.35. The van der Waals surface area contributed by atoms with Crippen molar-refractivity contribution in [3.05, 3.63) is 0 Å². The highest BCUT2D eigenvalue weighted by Crippen LogP contribution is 2.19. The van der Waals surface area contributed by atoms with E-state index in [-0.39, 0.29) is 41.8 Å². The highest BCUT2D eigenvalue weighted by atomic mass is 127. The molecule has 146 valence electrons. The zero-order chi connectivity index (χ0) is 18.2. The Hall–Kier alpha value is -1.06. The third-order valence-electron chi connectivity index (χ3n) is 4.19. The number of hydrogen-bond donors (Lipinski definition) is 2. The molecule has 8 heteroatoms. The molecule has 1 aliphatic heterocycles. The minimum Gasteiger partial charge on any atom is -0.466 e. The molecule has 0 bridgehead atoms. The number of aliphatic imine (C=N–C) groups is 1. The predicted octanol–water partition coefficient (Wildman–Crippen LogP) is 1.62. The molecule has 1 fully saturated rings. The van der Waals surface area contributed by atoms with Crippen LogP contribution in [0, 0.1) is 11.3 Å². The Kier molecular flexibility index (Phi) is 11.0. The van der Waals surface area contributed by atoms with Crippen LogP contribution in [0.3, 0.4) is 0 Å². The largest absolute Gasteiger partial charge is 0.466 e. The van der Waals surface area contributed by atoms with Gasteiger partial charge in [-0.15, -0.1) is 24.0 Å².